The summed E-state index contributed by atoms with van der Waals surface area (Å²) in [6.45, 7) is 2.28. The van der Waals surface area contributed by atoms with E-state index in [0.29, 0.717) is 6.42 Å². The van der Waals surface area contributed by atoms with E-state index in [1.54, 1.807) is 0 Å². The van der Waals surface area contributed by atoms with Gasteiger partial charge in [-0.2, -0.15) is 0 Å². The normalized spacial score (nSPS) is 11.3. The van der Waals surface area contributed by atoms with Gasteiger partial charge in [0.1, 0.15) is 0 Å². The van der Waals surface area contributed by atoms with Crippen molar-refractivity contribution >= 4 is 6.29 Å². The smallest absolute Gasteiger partial charge is 0.198 e. The highest BCUT2D eigenvalue weighted by Gasteiger charge is 1.93. The van der Waals surface area contributed by atoms with Gasteiger partial charge in [0.05, 0.1) is 0 Å². The molecule has 0 saturated heterocycles. The summed E-state index contributed by atoms with van der Waals surface area (Å²) < 4.78 is 0. The first kappa shape index (κ1) is 20.4. The molecule has 0 amide bonds. The summed E-state index contributed by atoms with van der Waals surface area (Å²) in [5.74, 6) is 0. The molecule has 0 aromatic heterocycles. The molecule has 1 nitrogen and oxygen atoms in total. The molecule has 21 heavy (non-hydrogen) atoms. The van der Waals surface area contributed by atoms with Crippen LogP contribution in [0, 0.1) is 0 Å². The van der Waals surface area contributed by atoms with Crippen molar-refractivity contribution < 1.29 is 4.79 Å². The molecule has 0 bridgehead atoms. The first-order valence-electron chi connectivity index (χ1n) is 9.41. The van der Waals surface area contributed by atoms with Gasteiger partial charge in [-0.15, -0.1) is 0 Å². The highest BCUT2D eigenvalue weighted by atomic mass is 16.1. The largest absolute Gasteiger partial charge is 0.291 e. The molecule has 1 radical (unpaired) electrons. The van der Waals surface area contributed by atoms with E-state index < -0.39 is 0 Å². The fourth-order valence-electron chi connectivity index (χ4n) is 2.63. The van der Waals surface area contributed by atoms with Crippen LogP contribution < -0.4 is 0 Å². The lowest BCUT2D eigenvalue weighted by Crippen LogP contribution is -1.82. The van der Waals surface area contributed by atoms with Gasteiger partial charge < -0.3 is 0 Å². The Kier molecular flexibility index (Phi) is 18.9. The molecule has 0 aromatic rings. The molecule has 0 aliphatic carbocycles. The third kappa shape index (κ3) is 19.4. The number of hydrogen-bond acceptors (Lipinski definition) is 1. The quantitative estimate of drug-likeness (QED) is 0.210. The second-order valence-corrected chi connectivity index (χ2v) is 6.19. The van der Waals surface area contributed by atoms with E-state index in [4.69, 9.17) is 0 Å². The van der Waals surface area contributed by atoms with Gasteiger partial charge in [0.2, 0.25) is 0 Å². The molecule has 0 saturated carbocycles. The number of unbranched alkanes of at least 4 members (excludes halogenated alkanes) is 14. The van der Waals surface area contributed by atoms with Crippen LogP contribution in [0.4, 0.5) is 0 Å². The molecule has 123 valence electrons. The van der Waals surface area contributed by atoms with Crippen LogP contribution in [0.2, 0.25) is 0 Å². The van der Waals surface area contributed by atoms with Crippen LogP contribution >= 0.6 is 0 Å². The predicted molar refractivity (Wildman–Crippen MR) is 94.4 cm³/mol. The van der Waals surface area contributed by atoms with Crippen LogP contribution in [0.1, 0.15) is 110 Å². The molecule has 0 aliphatic heterocycles. The highest BCUT2D eigenvalue weighted by molar-refractivity contribution is 5.50. The van der Waals surface area contributed by atoms with Crippen LogP contribution in [0.15, 0.2) is 12.2 Å². The van der Waals surface area contributed by atoms with Gasteiger partial charge in [-0.3, -0.25) is 4.79 Å². The highest BCUT2D eigenvalue weighted by Crippen LogP contribution is 2.12. The molecule has 0 aromatic carbocycles. The zero-order chi connectivity index (χ0) is 15.4. The van der Waals surface area contributed by atoms with Gasteiger partial charge in [0.25, 0.3) is 0 Å². The maximum Gasteiger partial charge on any atom is 0.198 e. The van der Waals surface area contributed by atoms with Crippen LogP contribution in [0.3, 0.4) is 0 Å². The van der Waals surface area contributed by atoms with Crippen molar-refractivity contribution in [3.05, 3.63) is 12.2 Å². The van der Waals surface area contributed by atoms with E-state index in [-0.39, 0.29) is 0 Å². The standard InChI is InChI=1S/C20H37O/c1-2-3-4-5-6-7-8-9-10-11-12-13-14-15-16-17-18-19-20-21/h15-16H,2-14,17-19H2,1H3/b16-15+. The molecule has 0 atom stereocenters. The number of carbonyl (C=O) groups excluding carboxylic acids is 1. The predicted octanol–water partition coefficient (Wildman–Crippen LogP) is 6.91. The Hall–Kier alpha value is -0.590. The summed E-state index contributed by atoms with van der Waals surface area (Å²) in [5, 5.41) is 0. The lowest BCUT2D eigenvalue weighted by Gasteiger charge is -2.02. The van der Waals surface area contributed by atoms with Crippen LogP contribution in [0.5, 0.6) is 0 Å². The third-order valence-corrected chi connectivity index (χ3v) is 4.04. The molecule has 0 fully saturated rings. The third-order valence-electron chi connectivity index (χ3n) is 4.04. The molecule has 0 rings (SSSR count). The Labute approximate surface area is 133 Å². The maximum atomic E-state index is 10.0. The minimum Gasteiger partial charge on any atom is -0.291 e. The summed E-state index contributed by atoms with van der Waals surface area (Å²) in [6.07, 6.45) is 27.2. The van der Waals surface area contributed by atoms with E-state index >= 15 is 0 Å². The SMILES string of the molecule is CCCCCCCCCCCCCC/C=C/CCC[C]=O. The topological polar surface area (TPSA) is 17.1 Å². The summed E-state index contributed by atoms with van der Waals surface area (Å²) in [4.78, 5) is 10.0. The Balaban J connectivity index is 3.00. The monoisotopic (exact) mass is 293 g/mol. The van der Waals surface area contributed by atoms with E-state index in [1.807, 2.05) is 6.29 Å². The fraction of sp³-hybridized carbons (Fsp3) is 0.850. The lowest BCUT2D eigenvalue weighted by molar-refractivity contribution is 0.544. The zero-order valence-electron chi connectivity index (χ0n) is 14.4. The number of allylic oxidation sites excluding steroid dienone is 2. The van der Waals surface area contributed by atoms with Crippen molar-refractivity contribution in [2.45, 2.75) is 110 Å². The second kappa shape index (κ2) is 19.4. The first-order valence-corrected chi connectivity index (χ1v) is 9.41. The van der Waals surface area contributed by atoms with Crippen molar-refractivity contribution in [1.82, 2.24) is 0 Å². The van der Waals surface area contributed by atoms with Crippen LogP contribution in [0.25, 0.3) is 0 Å². The molecule has 0 aliphatic rings. The first-order chi connectivity index (χ1) is 10.4. The molecule has 1 heteroatoms. The summed E-state index contributed by atoms with van der Waals surface area (Å²) in [6, 6.07) is 0. The average molecular weight is 294 g/mol. The van der Waals surface area contributed by atoms with Crippen molar-refractivity contribution in [2.24, 2.45) is 0 Å². The van der Waals surface area contributed by atoms with E-state index in [0.717, 1.165) is 12.8 Å². The molecule has 0 spiro atoms. The Morgan fingerprint density at radius 2 is 1.05 bits per heavy atom. The zero-order valence-corrected chi connectivity index (χ0v) is 14.4. The molecule has 0 heterocycles. The van der Waals surface area contributed by atoms with Gasteiger partial charge in [0.15, 0.2) is 6.29 Å². The van der Waals surface area contributed by atoms with Gasteiger partial charge in [0, 0.05) is 6.42 Å². The molecule has 0 unspecified atom stereocenters. The molecular weight excluding hydrogens is 256 g/mol. The minimum atomic E-state index is 0.586. The number of hydrogen-bond donors (Lipinski definition) is 0. The Bertz CT molecular complexity index is 220. The fourth-order valence-corrected chi connectivity index (χ4v) is 2.63. The van der Waals surface area contributed by atoms with Crippen molar-refractivity contribution in [2.75, 3.05) is 0 Å². The van der Waals surface area contributed by atoms with Gasteiger partial charge in [-0.05, 0) is 25.7 Å². The second-order valence-electron chi connectivity index (χ2n) is 6.19. The summed E-state index contributed by atoms with van der Waals surface area (Å²) >= 11 is 0. The molecule has 0 N–H and O–H groups in total. The van der Waals surface area contributed by atoms with E-state index in [2.05, 4.69) is 19.1 Å². The average Bonchev–Trinajstić information content (AvgIpc) is 2.50. The van der Waals surface area contributed by atoms with Crippen molar-refractivity contribution in [3.8, 4) is 0 Å². The minimum absolute atomic E-state index is 0.586. The number of rotatable bonds is 17. The van der Waals surface area contributed by atoms with Gasteiger partial charge in [-0.25, -0.2) is 0 Å². The summed E-state index contributed by atoms with van der Waals surface area (Å²) in [5.41, 5.74) is 0. The maximum absolute atomic E-state index is 10.0. The Morgan fingerprint density at radius 3 is 1.52 bits per heavy atom. The van der Waals surface area contributed by atoms with Gasteiger partial charge >= 0.3 is 0 Å². The summed E-state index contributed by atoms with van der Waals surface area (Å²) in [7, 11) is 0. The van der Waals surface area contributed by atoms with Crippen molar-refractivity contribution in [1.29, 1.82) is 0 Å². The van der Waals surface area contributed by atoms with Crippen molar-refractivity contribution in [3.63, 3.8) is 0 Å². The molecular formula is C20H37O. The van der Waals surface area contributed by atoms with E-state index in [1.165, 1.54) is 83.5 Å². The van der Waals surface area contributed by atoms with Crippen LogP contribution in [-0.2, 0) is 4.79 Å². The van der Waals surface area contributed by atoms with Crippen LogP contribution in [-0.4, -0.2) is 6.29 Å². The van der Waals surface area contributed by atoms with E-state index in [9.17, 15) is 4.79 Å². The lowest BCUT2D eigenvalue weighted by atomic mass is 10.0. The Morgan fingerprint density at radius 1 is 0.619 bits per heavy atom. The van der Waals surface area contributed by atoms with Gasteiger partial charge in [-0.1, -0.05) is 89.7 Å².